The summed E-state index contributed by atoms with van der Waals surface area (Å²) in [6.07, 6.45) is 2.37. The molecule has 26 heavy (non-hydrogen) atoms. The molecule has 1 aromatic carbocycles. The van der Waals surface area contributed by atoms with Crippen molar-refractivity contribution < 1.29 is 9.47 Å². The van der Waals surface area contributed by atoms with Gasteiger partial charge < -0.3 is 9.47 Å². The van der Waals surface area contributed by atoms with Crippen molar-refractivity contribution in [2.24, 2.45) is 0 Å². The number of ether oxygens (including phenoxy) is 2. The number of hydrogen-bond acceptors (Lipinski definition) is 7. The quantitative estimate of drug-likeness (QED) is 0.663. The van der Waals surface area contributed by atoms with E-state index in [1.54, 1.807) is 19.0 Å². The maximum absolute atomic E-state index is 5.35. The first-order chi connectivity index (χ1) is 12.8. The van der Waals surface area contributed by atoms with Gasteiger partial charge in [0.25, 0.3) is 0 Å². The summed E-state index contributed by atoms with van der Waals surface area (Å²) in [6, 6.07) is 10.4. The van der Waals surface area contributed by atoms with E-state index in [-0.39, 0.29) is 0 Å². The second-order valence-electron chi connectivity index (χ2n) is 6.18. The highest BCUT2D eigenvalue weighted by atomic mass is 32.1. The first kappa shape index (κ1) is 17.0. The molecule has 0 amide bonds. The molecule has 0 bridgehead atoms. The van der Waals surface area contributed by atoms with Gasteiger partial charge in [0, 0.05) is 23.0 Å². The van der Waals surface area contributed by atoms with E-state index in [1.165, 1.54) is 17.7 Å². The van der Waals surface area contributed by atoms with E-state index < -0.39 is 0 Å². The summed E-state index contributed by atoms with van der Waals surface area (Å²) in [6.45, 7) is 1.69. The molecule has 2 aromatic heterocycles. The number of tetrazole rings is 1. The minimum absolute atomic E-state index is 0.450. The smallest absolute Gasteiger partial charge is 0.205 e. The Morgan fingerprint density at radius 2 is 2.08 bits per heavy atom. The van der Waals surface area contributed by atoms with Gasteiger partial charge in [0.05, 0.1) is 14.2 Å². The van der Waals surface area contributed by atoms with Crippen molar-refractivity contribution in [3.63, 3.8) is 0 Å². The van der Waals surface area contributed by atoms with Crippen LogP contribution in [0.5, 0.6) is 11.5 Å². The molecule has 0 spiro atoms. The second kappa shape index (κ2) is 7.43. The zero-order valence-corrected chi connectivity index (χ0v) is 15.6. The van der Waals surface area contributed by atoms with Gasteiger partial charge in [-0.25, -0.2) is 0 Å². The minimum Gasteiger partial charge on any atom is -0.493 e. The molecule has 0 saturated carbocycles. The number of benzene rings is 1. The molecule has 0 N–H and O–H groups in total. The summed E-state index contributed by atoms with van der Waals surface area (Å²) in [5.41, 5.74) is 0.852. The van der Waals surface area contributed by atoms with Crippen LogP contribution >= 0.6 is 11.3 Å². The lowest BCUT2D eigenvalue weighted by Crippen LogP contribution is -2.27. The van der Waals surface area contributed by atoms with Gasteiger partial charge in [0.15, 0.2) is 11.5 Å². The third kappa shape index (κ3) is 3.30. The van der Waals surface area contributed by atoms with Crippen molar-refractivity contribution >= 4 is 11.3 Å². The summed E-state index contributed by atoms with van der Waals surface area (Å²) in [5.74, 6) is 1.91. The fraction of sp³-hybridized carbons (Fsp3) is 0.389. The number of aromatic nitrogens is 4. The lowest BCUT2D eigenvalue weighted by molar-refractivity contribution is 0.179. The Kier molecular flexibility index (Phi) is 4.85. The van der Waals surface area contributed by atoms with Crippen molar-refractivity contribution in [1.82, 2.24) is 25.1 Å². The topological polar surface area (TPSA) is 65.3 Å². The van der Waals surface area contributed by atoms with Crippen LogP contribution in [0, 0.1) is 0 Å². The van der Waals surface area contributed by atoms with Crippen molar-refractivity contribution in [1.29, 1.82) is 0 Å². The van der Waals surface area contributed by atoms with Crippen LogP contribution in [-0.4, -0.2) is 45.9 Å². The predicted molar refractivity (Wildman–Crippen MR) is 99.4 cm³/mol. The third-order valence-electron chi connectivity index (χ3n) is 4.64. The van der Waals surface area contributed by atoms with Crippen LogP contribution in [0.1, 0.15) is 23.8 Å². The second-order valence-corrected chi connectivity index (χ2v) is 7.16. The van der Waals surface area contributed by atoms with E-state index in [0.29, 0.717) is 30.0 Å². The van der Waals surface area contributed by atoms with Crippen LogP contribution < -0.4 is 9.47 Å². The van der Waals surface area contributed by atoms with Crippen molar-refractivity contribution in [3.8, 4) is 22.9 Å². The lowest BCUT2D eigenvalue weighted by Gasteiger charge is -2.22. The predicted octanol–water partition coefficient (Wildman–Crippen LogP) is 3.21. The van der Waals surface area contributed by atoms with Crippen LogP contribution in [0.25, 0.3) is 11.4 Å². The van der Waals surface area contributed by atoms with Crippen LogP contribution in [0.3, 0.4) is 0 Å². The molecular weight excluding hydrogens is 350 g/mol. The summed E-state index contributed by atoms with van der Waals surface area (Å²) in [7, 11) is 3.23. The molecule has 0 aliphatic carbocycles. The van der Waals surface area contributed by atoms with Gasteiger partial charge in [-0.1, -0.05) is 6.07 Å². The van der Waals surface area contributed by atoms with Crippen LogP contribution in [0.4, 0.5) is 0 Å². The van der Waals surface area contributed by atoms with Crippen LogP contribution in [0.2, 0.25) is 0 Å². The zero-order valence-electron chi connectivity index (χ0n) is 14.8. The summed E-state index contributed by atoms with van der Waals surface area (Å²) >= 11 is 1.81. The van der Waals surface area contributed by atoms with E-state index in [0.717, 1.165) is 12.1 Å². The standard InChI is InChI=1S/C18H21N5O2S/c1-24-15-8-7-13(11-16(15)25-2)18-19-21-23(20-18)12-22-9-3-5-14(22)17-6-4-10-26-17/h4,6-8,10-11,14H,3,5,9,12H2,1-2H3/t14-/m1/s1. The first-order valence-electron chi connectivity index (χ1n) is 8.56. The van der Waals surface area contributed by atoms with E-state index >= 15 is 0 Å². The average molecular weight is 371 g/mol. The maximum Gasteiger partial charge on any atom is 0.205 e. The van der Waals surface area contributed by atoms with Gasteiger partial charge >= 0.3 is 0 Å². The molecule has 0 radical (unpaired) electrons. The summed E-state index contributed by atoms with van der Waals surface area (Å²) in [4.78, 5) is 5.48. The molecule has 1 atom stereocenters. The Labute approximate surface area is 156 Å². The monoisotopic (exact) mass is 371 g/mol. The third-order valence-corrected chi connectivity index (χ3v) is 5.61. The first-order valence-corrected chi connectivity index (χ1v) is 9.44. The molecular formula is C18H21N5O2S. The fourth-order valence-corrected chi connectivity index (χ4v) is 4.25. The summed E-state index contributed by atoms with van der Waals surface area (Å²) < 4.78 is 10.6. The van der Waals surface area contributed by atoms with Gasteiger partial charge in [0.1, 0.15) is 6.67 Å². The molecule has 3 aromatic rings. The van der Waals surface area contributed by atoms with Crippen molar-refractivity contribution in [2.75, 3.05) is 20.8 Å². The van der Waals surface area contributed by atoms with E-state index in [2.05, 4.69) is 37.8 Å². The van der Waals surface area contributed by atoms with Crippen LogP contribution in [0.15, 0.2) is 35.7 Å². The van der Waals surface area contributed by atoms with Crippen LogP contribution in [-0.2, 0) is 6.67 Å². The van der Waals surface area contributed by atoms with E-state index in [1.807, 2.05) is 29.5 Å². The van der Waals surface area contributed by atoms with Gasteiger partial charge in [-0.3, -0.25) is 4.90 Å². The Morgan fingerprint density at radius 1 is 1.19 bits per heavy atom. The maximum atomic E-state index is 5.35. The molecule has 1 aliphatic heterocycles. The summed E-state index contributed by atoms with van der Waals surface area (Å²) in [5, 5.41) is 15.1. The molecule has 136 valence electrons. The SMILES string of the molecule is COc1ccc(-c2nnn(CN3CCC[C@@H]3c3cccs3)n2)cc1OC. The minimum atomic E-state index is 0.450. The molecule has 3 heterocycles. The molecule has 7 nitrogen and oxygen atoms in total. The Morgan fingerprint density at radius 3 is 2.85 bits per heavy atom. The molecule has 4 rings (SSSR count). The number of likely N-dealkylation sites (tertiary alicyclic amines) is 1. The zero-order chi connectivity index (χ0) is 17.9. The highest BCUT2D eigenvalue weighted by Gasteiger charge is 2.27. The van der Waals surface area contributed by atoms with Crippen molar-refractivity contribution in [3.05, 3.63) is 40.6 Å². The fourth-order valence-electron chi connectivity index (χ4n) is 3.35. The van der Waals surface area contributed by atoms with Crippen molar-refractivity contribution in [2.45, 2.75) is 25.6 Å². The average Bonchev–Trinajstić information content (AvgIpc) is 3.42. The number of thiophene rings is 1. The van der Waals surface area contributed by atoms with E-state index in [4.69, 9.17) is 9.47 Å². The number of nitrogens with zero attached hydrogens (tertiary/aromatic N) is 5. The molecule has 1 fully saturated rings. The molecule has 1 saturated heterocycles. The molecule has 0 unspecified atom stereocenters. The number of hydrogen-bond donors (Lipinski definition) is 0. The Balaban J connectivity index is 1.51. The highest BCUT2D eigenvalue weighted by molar-refractivity contribution is 7.10. The molecule has 8 heteroatoms. The number of rotatable bonds is 6. The Hall–Kier alpha value is -2.45. The van der Waals surface area contributed by atoms with Gasteiger partial charge in [-0.15, -0.1) is 26.3 Å². The highest BCUT2D eigenvalue weighted by Crippen LogP contribution is 2.35. The number of methoxy groups -OCH3 is 2. The van der Waals surface area contributed by atoms with Gasteiger partial charge in [0.2, 0.25) is 5.82 Å². The van der Waals surface area contributed by atoms with E-state index in [9.17, 15) is 0 Å². The normalized spacial score (nSPS) is 17.5. The van der Waals surface area contributed by atoms with Gasteiger partial charge in [-0.05, 0) is 47.7 Å². The lowest BCUT2D eigenvalue weighted by atomic mass is 10.2. The van der Waals surface area contributed by atoms with Gasteiger partial charge in [-0.2, -0.15) is 0 Å². The largest absolute Gasteiger partial charge is 0.493 e. The Bertz CT molecular complexity index is 864. The molecule has 1 aliphatic rings.